The number of aliphatic hydroxyl groups is 1. The minimum Gasteiger partial charge on any atom is -0.393 e. The second-order valence-corrected chi connectivity index (χ2v) is 3.36. The van der Waals surface area contributed by atoms with Gasteiger partial charge >= 0.3 is 0 Å². The molecule has 0 saturated carbocycles. The summed E-state index contributed by atoms with van der Waals surface area (Å²) < 4.78 is 0. The molecule has 13 heavy (non-hydrogen) atoms. The van der Waals surface area contributed by atoms with Crippen LogP contribution in [0.25, 0.3) is 0 Å². The van der Waals surface area contributed by atoms with E-state index in [0.717, 1.165) is 31.6 Å². The lowest BCUT2D eigenvalue weighted by molar-refractivity contribution is 0.145. The van der Waals surface area contributed by atoms with Gasteiger partial charge in [-0.3, -0.25) is 4.98 Å². The number of pyridine rings is 1. The van der Waals surface area contributed by atoms with Crippen molar-refractivity contribution in [2.75, 3.05) is 18.0 Å². The first kappa shape index (κ1) is 8.51. The first-order valence-corrected chi connectivity index (χ1v) is 4.61. The highest BCUT2D eigenvalue weighted by Gasteiger charge is 2.16. The molecule has 0 spiro atoms. The van der Waals surface area contributed by atoms with Gasteiger partial charge in [-0.2, -0.15) is 0 Å². The van der Waals surface area contributed by atoms with Crippen LogP contribution in [0.1, 0.15) is 12.8 Å². The number of hydrogen-bond donors (Lipinski definition) is 1. The van der Waals surface area contributed by atoms with Gasteiger partial charge in [-0.25, -0.2) is 0 Å². The number of aliphatic hydroxyl groups excluding tert-OH is 1. The fourth-order valence-electron chi connectivity index (χ4n) is 1.62. The topological polar surface area (TPSA) is 36.4 Å². The van der Waals surface area contributed by atoms with Crippen molar-refractivity contribution in [1.29, 1.82) is 0 Å². The van der Waals surface area contributed by atoms with Crippen molar-refractivity contribution in [3.8, 4) is 0 Å². The van der Waals surface area contributed by atoms with Crippen LogP contribution in [-0.2, 0) is 0 Å². The van der Waals surface area contributed by atoms with Crippen LogP contribution in [-0.4, -0.2) is 29.3 Å². The minimum atomic E-state index is -0.112. The fraction of sp³-hybridized carbons (Fsp3) is 0.500. The van der Waals surface area contributed by atoms with Crippen LogP contribution in [0.4, 0.5) is 5.69 Å². The van der Waals surface area contributed by atoms with E-state index < -0.39 is 0 Å². The lowest BCUT2D eigenvalue weighted by Gasteiger charge is -2.30. The van der Waals surface area contributed by atoms with Gasteiger partial charge in [-0.05, 0) is 25.0 Å². The van der Waals surface area contributed by atoms with Crippen molar-refractivity contribution in [1.82, 2.24) is 4.98 Å². The zero-order valence-corrected chi connectivity index (χ0v) is 7.48. The summed E-state index contributed by atoms with van der Waals surface area (Å²) in [6.45, 7) is 1.85. The molecule has 0 aromatic carbocycles. The Balaban J connectivity index is 2.03. The molecular formula is C10H13N2O. The molecule has 3 heteroatoms. The van der Waals surface area contributed by atoms with E-state index in [1.54, 1.807) is 0 Å². The zero-order chi connectivity index (χ0) is 9.10. The average molecular weight is 177 g/mol. The summed E-state index contributed by atoms with van der Waals surface area (Å²) in [7, 11) is 0. The molecular weight excluding hydrogens is 164 g/mol. The molecule has 1 aliphatic rings. The summed E-state index contributed by atoms with van der Waals surface area (Å²) in [5.74, 6) is 0. The second kappa shape index (κ2) is 3.75. The van der Waals surface area contributed by atoms with Crippen LogP contribution in [0.15, 0.2) is 18.3 Å². The van der Waals surface area contributed by atoms with Crippen molar-refractivity contribution in [3.63, 3.8) is 0 Å². The van der Waals surface area contributed by atoms with E-state index in [9.17, 15) is 5.11 Å². The quantitative estimate of drug-likeness (QED) is 0.690. The highest BCUT2D eigenvalue weighted by atomic mass is 16.3. The van der Waals surface area contributed by atoms with Gasteiger partial charge in [0.1, 0.15) is 0 Å². The van der Waals surface area contributed by atoms with E-state index in [1.807, 2.05) is 18.3 Å². The summed E-state index contributed by atoms with van der Waals surface area (Å²) in [6.07, 6.45) is 6.18. The fourth-order valence-corrected chi connectivity index (χ4v) is 1.62. The SMILES string of the molecule is OC1CCN(c2cc[c]nc2)CC1. The van der Waals surface area contributed by atoms with Crippen molar-refractivity contribution in [2.24, 2.45) is 0 Å². The molecule has 1 fully saturated rings. The lowest BCUT2D eigenvalue weighted by atomic mass is 10.1. The molecule has 0 unspecified atom stereocenters. The Bertz CT molecular complexity index is 255. The summed E-state index contributed by atoms with van der Waals surface area (Å²) in [6, 6.07) is 3.82. The standard InChI is InChI=1S/C10H13N2O/c13-10-3-6-12(7-4-10)9-2-1-5-11-8-9/h1-2,8,10,13H,3-4,6-7H2. The molecule has 1 saturated heterocycles. The lowest BCUT2D eigenvalue weighted by Crippen LogP contribution is -2.35. The number of rotatable bonds is 1. The van der Waals surface area contributed by atoms with Gasteiger partial charge < -0.3 is 10.0 Å². The van der Waals surface area contributed by atoms with Gasteiger partial charge in [0.25, 0.3) is 0 Å². The molecule has 0 atom stereocenters. The van der Waals surface area contributed by atoms with E-state index in [0.29, 0.717) is 0 Å². The summed E-state index contributed by atoms with van der Waals surface area (Å²) >= 11 is 0. The Labute approximate surface area is 78.0 Å². The minimum absolute atomic E-state index is 0.112. The molecule has 0 aliphatic carbocycles. The highest BCUT2D eigenvalue weighted by molar-refractivity contribution is 5.43. The first-order valence-electron chi connectivity index (χ1n) is 4.61. The first-order chi connectivity index (χ1) is 6.36. The molecule has 1 aromatic heterocycles. The molecule has 2 heterocycles. The zero-order valence-electron chi connectivity index (χ0n) is 7.48. The molecule has 69 valence electrons. The van der Waals surface area contributed by atoms with E-state index in [4.69, 9.17) is 0 Å². The van der Waals surface area contributed by atoms with Crippen LogP contribution in [0.3, 0.4) is 0 Å². The molecule has 0 amide bonds. The molecule has 2 rings (SSSR count). The highest BCUT2D eigenvalue weighted by Crippen LogP contribution is 2.17. The maximum absolute atomic E-state index is 9.33. The third kappa shape index (κ3) is 1.98. The molecule has 0 bridgehead atoms. The molecule has 1 N–H and O–H groups in total. The van der Waals surface area contributed by atoms with Crippen molar-refractivity contribution >= 4 is 5.69 Å². The van der Waals surface area contributed by atoms with Crippen molar-refractivity contribution in [2.45, 2.75) is 18.9 Å². The monoisotopic (exact) mass is 177 g/mol. The van der Waals surface area contributed by atoms with Crippen molar-refractivity contribution < 1.29 is 5.11 Å². The summed E-state index contributed by atoms with van der Waals surface area (Å²) in [5.41, 5.74) is 1.13. The smallest absolute Gasteiger partial charge is 0.0887 e. The van der Waals surface area contributed by atoms with Crippen LogP contribution in [0, 0.1) is 6.20 Å². The number of aromatic nitrogens is 1. The normalized spacial score (nSPS) is 19.0. The van der Waals surface area contributed by atoms with Gasteiger partial charge in [-0.1, -0.05) is 0 Å². The Morgan fingerprint density at radius 1 is 1.46 bits per heavy atom. The Kier molecular flexibility index (Phi) is 2.45. The number of anilines is 1. The second-order valence-electron chi connectivity index (χ2n) is 3.36. The average Bonchev–Trinajstić information content (AvgIpc) is 2.20. The largest absolute Gasteiger partial charge is 0.393 e. The summed E-state index contributed by atoms with van der Waals surface area (Å²) in [4.78, 5) is 6.19. The van der Waals surface area contributed by atoms with Gasteiger partial charge in [0, 0.05) is 13.1 Å². The molecule has 1 radical (unpaired) electrons. The van der Waals surface area contributed by atoms with Crippen molar-refractivity contribution in [3.05, 3.63) is 24.5 Å². The van der Waals surface area contributed by atoms with Crippen LogP contribution >= 0.6 is 0 Å². The van der Waals surface area contributed by atoms with E-state index in [2.05, 4.69) is 16.1 Å². The van der Waals surface area contributed by atoms with Crippen LogP contribution < -0.4 is 4.90 Å². The third-order valence-electron chi connectivity index (χ3n) is 2.43. The van der Waals surface area contributed by atoms with Crippen LogP contribution in [0.2, 0.25) is 0 Å². The summed E-state index contributed by atoms with van der Waals surface area (Å²) in [5, 5.41) is 9.33. The van der Waals surface area contributed by atoms with E-state index in [1.165, 1.54) is 0 Å². The van der Waals surface area contributed by atoms with Crippen LogP contribution in [0.5, 0.6) is 0 Å². The molecule has 3 nitrogen and oxygen atoms in total. The maximum atomic E-state index is 9.33. The molecule has 1 aromatic rings. The predicted molar refractivity (Wildman–Crippen MR) is 50.5 cm³/mol. The number of piperidine rings is 1. The Morgan fingerprint density at radius 3 is 2.85 bits per heavy atom. The van der Waals surface area contributed by atoms with Gasteiger partial charge in [0.2, 0.25) is 0 Å². The van der Waals surface area contributed by atoms with E-state index >= 15 is 0 Å². The third-order valence-corrected chi connectivity index (χ3v) is 2.43. The van der Waals surface area contributed by atoms with Gasteiger partial charge in [0.15, 0.2) is 0 Å². The van der Waals surface area contributed by atoms with Gasteiger partial charge in [-0.15, -0.1) is 0 Å². The number of nitrogens with zero attached hydrogens (tertiary/aromatic N) is 2. The number of hydrogen-bond acceptors (Lipinski definition) is 3. The van der Waals surface area contributed by atoms with E-state index in [-0.39, 0.29) is 6.10 Å². The predicted octanol–water partition coefficient (Wildman–Crippen LogP) is 0.843. The Morgan fingerprint density at radius 2 is 2.23 bits per heavy atom. The molecule has 1 aliphatic heterocycles. The Hall–Kier alpha value is -1.09. The van der Waals surface area contributed by atoms with Gasteiger partial charge in [0.05, 0.1) is 24.2 Å². The maximum Gasteiger partial charge on any atom is 0.0887 e.